The molecule has 0 aromatic carbocycles. The highest BCUT2D eigenvalue weighted by molar-refractivity contribution is 14.0. The molecule has 116 valence electrons. The van der Waals surface area contributed by atoms with E-state index < -0.39 is 0 Å². The van der Waals surface area contributed by atoms with Crippen molar-refractivity contribution in [1.29, 1.82) is 0 Å². The van der Waals surface area contributed by atoms with E-state index in [1.807, 2.05) is 23.9 Å². The van der Waals surface area contributed by atoms with E-state index in [0.29, 0.717) is 0 Å². The summed E-state index contributed by atoms with van der Waals surface area (Å²) >= 11 is 1.90. The van der Waals surface area contributed by atoms with Crippen LogP contribution < -0.4 is 10.6 Å². The molecule has 0 radical (unpaired) electrons. The zero-order valence-corrected chi connectivity index (χ0v) is 15.6. The number of halogens is 1. The molecule has 20 heavy (non-hydrogen) atoms. The molecular formula is C14H27IN4S. The molecule has 0 aliphatic carbocycles. The first-order chi connectivity index (χ1) is 9.36. The summed E-state index contributed by atoms with van der Waals surface area (Å²) in [5.41, 5.74) is 0. The Labute approximate surface area is 144 Å². The van der Waals surface area contributed by atoms with Crippen LogP contribution in [0.5, 0.6) is 0 Å². The predicted octanol–water partition coefficient (Wildman–Crippen LogP) is 2.80. The van der Waals surface area contributed by atoms with Crippen LogP contribution in [-0.2, 0) is 6.54 Å². The minimum Gasteiger partial charge on any atom is -0.357 e. The molecule has 2 N–H and O–H groups in total. The van der Waals surface area contributed by atoms with Crippen molar-refractivity contribution in [3.63, 3.8) is 0 Å². The standard InChI is InChI=1S/C14H26N4S.HI/c1-3-15-14(16-8-4-7-13-19-2)17-9-12-18-10-5-6-11-18;/h5-6,10-11H,3-4,7-9,12-13H2,1-2H3,(H2,15,16,17);1H. The van der Waals surface area contributed by atoms with Crippen LogP contribution in [0.25, 0.3) is 0 Å². The lowest BCUT2D eigenvalue weighted by atomic mass is 10.3. The Morgan fingerprint density at radius 1 is 1.20 bits per heavy atom. The monoisotopic (exact) mass is 410 g/mol. The lowest BCUT2D eigenvalue weighted by Crippen LogP contribution is -2.38. The van der Waals surface area contributed by atoms with Gasteiger partial charge < -0.3 is 15.2 Å². The largest absolute Gasteiger partial charge is 0.357 e. The maximum atomic E-state index is 4.58. The highest BCUT2D eigenvalue weighted by atomic mass is 127. The van der Waals surface area contributed by atoms with Crippen molar-refractivity contribution in [2.24, 2.45) is 4.99 Å². The van der Waals surface area contributed by atoms with Crippen molar-refractivity contribution in [3.8, 4) is 0 Å². The highest BCUT2D eigenvalue weighted by Gasteiger charge is 1.96. The van der Waals surface area contributed by atoms with E-state index >= 15 is 0 Å². The molecule has 1 rings (SSSR count). The summed E-state index contributed by atoms with van der Waals surface area (Å²) in [4.78, 5) is 4.58. The fraction of sp³-hybridized carbons (Fsp3) is 0.643. The fourth-order valence-electron chi connectivity index (χ4n) is 1.71. The summed E-state index contributed by atoms with van der Waals surface area (Å²) in [7, 11) is 0. The van der Waals surface area contributed by atoms with E-state index in [1.54, 1.807) is 0 Å². The second-order valence-electron chi connectivity index (χ2n) is 4.31. The lowest BCUT2D eigenvalue weighted by Gasteiger charge is -2.11. The number of rotatable bonds is 9. The molecule has 0 saturated carbocycles. The first kappa shape index (κ1) is 19.6. The number of hydrogen-bond donors (Lipinski definition) is 2. The number of hydrogen-bond acceptors (Lipinski definition) is 2. The van der Waals surface area contributed by atoms with Crippen molar-refractivity contribution in [2.75, 3.05) is 31.6 Å². The number of aliphatic imine (C=N–C) groups is 1. The van der Waals surface area contributed by atoms with Gasteiger partial charge in [-0.2, -0.15) is 11.8 Å². The first-order valence-electron chi connectivity index (χ1n) is 6.98. The van der Waals surface area contributed by atoms with E-state index in [2.05, 4.69) is 45.8 Å². The van der Waals surface area contributed by atoms with Gasteiger partial charge >= 0.3 is 0 Å². The third-order valence-corrected chi connectivity index (χ3v) is 3.40. The number of nitrogens with zero attached hydrogens (tertiary/aromatic N) is 2. The molecule has 6 heteroatoms. The Bertz CT molecular complexity index is 341. The molecule has 0 amide bonds. The summed E-state index contributed by atoms with van der Waals surface area (Å²) in [6.07, 6.45) is 8.71. The second-order valence-corrected chi connectivity index (χ2v) is 5.29. The van der Waals surface area contributed by atoms with Gasteiger partial charge in [-0.05, 0) is 43.9 Å². The van der Waals surface area contributed by atoms with Gasteiger partial charge in [0.2, 0.25) is 0 Å². The summed E-state index contributed by atoms with van der Waals surface area (Å²) in [5, 5.41) is 6.64. The van der Waals surface area contributed by atoms with Crippen LogP contribution in [0.1, 0.15) is 19.8 Å². The number of aromatic nitrogens is 1. The normalized spacial score (nSPS) is 11.0. The van der Waals surface area contributed by atoms with E-state index in [9.17, 15) is 0 Å². The van der Waals surface area contributed by atoms with Crippen LogP contribution in [0.2, 0.25) is 0 Å². The Hall–Kier alpha value is -0.370. The Morgan fingerprint density at radius 3 is 2.60 bits per heavy atom. The summed E-state index contributed by atoms with van der Waals surface area (Å²) in [6, 6.07) is 4.09. The molecule has 0 aliphatic rings. The SMILES string of the molecule is CCNC(=NCCCCSC)NCCn1cccc1.I. The summed E-state index contributed by atoms with van der Waals surface area (Å²) < 4.78 is 2.16. The molecule has 1 heterocycles. The van der Waals surface area contributed by atoms with Gasteiger partial charge in [-0.1, -0.05) is 0 Å². The summed E-state index contributed by atoms with van der Waals surface area (Å²) in [6.45, 7) is 5.76. The molecule has 0 saturated heterocycles. The Morgan fingerprint density at radius 2 is 1.95 bits per heavy atom. The van der Waals surface area contributed by atoms with Gasteiger partial charge in [0, 0.05) is 38.6 Å². The second kappa shape index (κ2) is 13.6. The maximum absolute atomic E-state index is 4.58. The number of guanidine groups is 1. The molecule has 0 spiro atoms. The number of unbranched alkanes of at least 4 members (excludes halogenated alkanes) is 1. The zero-order chi connectivity index (χ0) is 13.8. The van der Waals surface area contributed by atoms with Gasteiger partial charge in [0.25, 0.3) is 0 Å². The van der Waals surface area contributed by atoms with Gasteiger partial charge in [0.05, 0.1) is 0 Å². The summed E-state index contributed by atoms with van der Waals surface area (Å²) in [5.74, 6) is 2.16. The van der Waals surface area contributed by atoms with Crippen molar-refractivity contribution < 1.29 is 0 Å². The smallest absolute Gasteiger partial charge is 0.191 e. The van der Waals surface area contributed by atoms with Crippen LogP contribution in [0.15, 0.2) is 29.5 Å². The van der Waals surface area contributed by atoms with Crippen molar-refractivity contribution in [3.05, 3.63) is 24.5 Å². The third kappa shape index (κ3) is 9.52. The minimum absolute atomic E-state index is 0. The average molecular weight is 410 g/mol. The van der Waals surface area contributed by atoms with Crippen LogP contribution in [0.4, 0.5) is 0 Å². The average Bonchev–Trinajstić information content (AvgIpc) is 2.91. The molecule has 4 nitrogen and oxygen atoms in total. The number of thioether (sulfide) groups is 1. The highest BCUT2D eigenvalue weighted by Crippen LogP contribution is 1.98. The number of nitrogens with one attached hydrogen (secondary N) is 2. The first-order valence-corrected chi connectivity index (χ1v) is 8.38. The van der Waals surface area contributed by atoms with Crippen LogP contribution in [0, 0.1) is 0 Å². The van der Waals surface area contributed by atoms with Crippen molar-refractivity contribution >= 4 is 41.7 Å². The minimum atomic E-state index is 0. The van der Waals surface area contributed by atoms with Gasteiger partial charge in [-0.3, -0.25) is 4.99 Å². The molecule has 0 bridgehead atoms. The molecule has 1 aromatic rings. The Balaban J connectivity index is 0.00000361. The van der Waals surface area contributed by atoms with Crippen LogP contribution in [0.3, 0.4) is 0 Å². The van der Waals surface area contributed by atoms with Crippen LogP contribution in [-0.4, -0.2) is 42.2 Å². The fourth-order valence-corrected chi connectivity index (χ4v) is 2.21. The molecule has 1 aromatic heterocycles. The van der Waals surface area contributed by atoms with Gasteiger partial charge in [0.15, 0.2) is 5.96 Å². The molecule has 0 unspecified atom stereocenters. The topological polar surface area (TPSA) is 41.4 Å². The van der Waals surface area contributed by atoms with Crippen molar-refractivity contribution in [2.45, 2.75) is 26.3 Å². The quantitative estimate of drug-likeness (QED) is 0.285. The molecule has 0 aliphatic heterocycles. The van der Waals surface area contributed by atoms with Crippen molar-refractivity contribution in [1.82, 2.24) is 15.2 Å². The van der Waals surface area contributed by atoms with Gasteiger partial charge in [-0.15, -0.1) is 24.0 Å². The third-order valence-electron chi connectivity index (χ3n) is 2.70. The zero-order valence-electron chi connectivity index (χ0n) is 12.5. The molecular weight excluding hydrogens is 383 g/mol. The maximum Gasteiger partial charge on any atom is 0.191 e. The van der Waals surface area contributed by atoms with E-state index in [0.717, 1.165) is 38.6 Å². The predicted molar refractivity (Wildman–Crippen MR) is 101 cm³/mol. The van der Waals surface area contributed by atoms with E-state index in [1.165, 1.54) is 12.2 Å². The molecule has 0 atom stereocenters. The molecule has 0 fully saturated rings. The van der Waals surface area contributed by atoms with E-state index in [-0.39, 0.29) is 24.0 Å². The van der Waals surface area contributed by atoms with E-state index in [4.69, 9.17) is 0 Å². The van der Waals surface area contributed by atoms with Gasteiger partial charge in [-0.25, -0.2) is 0 Å². The Kier molecular flexibility index (Phi) is 13.4. The van der Waals surface area contributed by atoms with Crippen LogP contribution >= 0.6 is 35.7 Å². The lowest BCUT2D eigenvalue weighted by molar-refractivity contribution is 0.664. The van der Waals surface area contributed by atoms with Gasteiger partial charge in [0.1, 0.15) is 0 Å².